The van der Waals surface area contributed by atoms with Gasteiger partial charge in [0, 0.05) is 12.6 Å². The van der Waals surface area contributed by atoms with Gasteiger partial charge in [0.15, 0.2) is 0 Å². The second kappa shape index (κ2) is 7.16. The summed E-state index contributed by atoms with van der Waals surface area (Å²) in [5, 5.41) is 2.47. The van der Waals surface area contributed by atoms with E-state index in [9.17, 15) is 9.18 Å². The number of hydrogen-bond acceptors (Lipinski definition) is 2. The van der Waals surface area contributed by atoms with Crippen LogP contribution in [0.15, 0.2) is 60.4 Å². The molecule has 1 rings (SSSR count). The first-order valence-electron chi connectivity index (χ1n) is 5.75. The van der Waals surface area contributed by atoms with E-state index in [1.165, 1.54) is 37.4 Å². The third-order valence-corrected chi connectivity index (χ3v) is 2.22. The molecule has 0 spiro atoms. The number of rotatable bonds is 5. The van der Waals surface area contributed by atoms with Crippen molar-refractivity contribution in [3.05, 3.63) is 66.2 Å². The molecule has 1 N–H and O–H groups in total. The van der Waals surface area contributed by atoms with Gasteiger partial charge in [-0.2, -0.15) is 0 Å². The second-order valence-electron chi connectivity index (χ2n) is 3.71. The number of halogens is 1. The van der Waals surface area contributed by atoms with Gasteiger partial charge in [0.2, 0.25) is 0 Å². The summed E-state index contributed by atoms with van der Waals surface area (Å²) in [6.07, 6.45) is 4.98. The van der Waals surface area contributed by atoms with Crippen molar-refractivity contribution in [3.63, 3.8) is 0 Å². The third-order valence-electron chi connectivity index (χ3n) is 2.22. The molecule has 1 aromatic carbocycles. The largest absolute Gasteiger partial charge is 0.457 e. The molecule has 0 aromatic heterocycles. The Kier molecular flexibility index (Phi) is 5.54. The van der Waals surface area contributed by atoms with Crippen LogP contribution in [0.4, 0.5) is 4.39 Å². The van der Waals surface area contributed by atoms with Crippen molar-refractivity contribution >= 4 is 5.91 Å². The maximum Gasteiger partial charge on any atom is 0.250 e. The molecule has 3 nitrogen and oxygen atoms in total. The quantitative estimate of drug-likeness (QED) is 0.503. The Labute approximate surface area is 112 Å². The second-order valence-corrected chi connectivity index (χ2v) is 3.71. The van der Waals surface area contributed by atoms with Crippen LogP contribution in [0.1, 0.15) is 6.92 Å². The van der Waals surface area contributed by atoms with Crippen molar-refractivity contribution in [3.8, 4) is 5.75 Å². The number of likely N-dealkylation sites (N-methyl/N-ethyl adjacent to an activating group) is 1. The SMILES string of the molecule is C=C(/C=C(\C=C/C)Oc1ccc(F)cc1)C(=O)NC. The summed E-state index contributed by atoms with van der Waals surface area (Å²) in [4.78, 5) is 11.4. The van der Waals surface area contributed by atoms with Crippen molar-refractivity contribution in [2.75, 3.05) is 7.05 Å². The highest BCUT2D eigenvalue weighted by Gasteiger charge is 2.04. The summed E-state index contributed by atoms with van der Waals surface area (Å²) < 4.78 is 18.3. The smallest absolute Gasteiger partial charge is 0.250 e. The van der Waals surface area contributed by atoms with Gasteiger partial charge in [-0.15, -0.1) is 0 Å². The Morgan fingerprint density at radius 3 is 2.53 bits per heavy atom. The minimum absolute atomic E-state index is 0.276. The van der Waals surface area contributed by atoms with Gasteiger partial charge < -0.3 is 10.1 Å². The third kappa shape index (κ3) is 4.79. The zero-order chi connectivity index (χ0) is 14.3. The Hall–Kier alpha value is -2.36. The van der Waals surface area contributed by atoms with Gasteiger partial charge in [0.25, 0.3) is 5.91 Å². The van der Waals surface area contributed by atoms with Crippen molar-refractivity contribution in [2.45, 2.75) is 6.92 Å². The number of benzene rings is 1. The Bertz CT molecular complexity index is 515. The van der Waals surface area contributed by atoms with Crippen LogP contribution < -0.4 is 10.1 Å². The maximum atomic E-state index is 12.8. The molecule has 100 valence electrons. The number of allylic oxidation sites excluding steroid dienone is 2. The van der Waals surface area contributed by atoms with Crippen molar-refractivity contribution in [1.82, 2.24) is 5.32 Å². The monoisotopic (exact) mass is 261 g/mol. The summed E-state index contributed by atoms with van der Waals surface area (Å²) in [6.45, 7) is 5.46. The number of carbonyl (C=O) groups is 1. The Balaban J connectivity index is 2.89. The number of amides is 1. The summed E-state index contributed by atoms with van der Waals surface area (Å²) in [6, 6.07) is 5.62. The molecule has 0 aliphatic carbocycles. The summed E-state index contributed by atoms with van der Waals surface area (Å²) in [7, 11) is 1.53. The molecule has 1 aromatic rings. The van der Waals surface area contributed by atoms with E-state index in [4.69, 9.17) is 4.74 Å². The topological polar surface area (TPSA) is 38.3 Å². The average Bonchev–Trinajstić information content (AvgIpc) is 2.40. The lowest BCUT2D eigenvalue weighted by Crippen LogP contribution is -2.18. The maximum absolute atomic E-state index is 12.8. The van der Waals surface area contributed by atoms with E-state index in [1.807, 2.05) is 6.92 Å². The fraction of sp³-hybridized carbons (Fsp3) is 0.133. The standard InChI is InChI=1S/C15H16FNO2/c1-4-5-14(10-11(2)15(18)17-3)19-13-8-6-12(16)7-9-13/h4-10H,2H2,1,3H3,(H,17,18)/b5-4-,14-10+. The molecule has 0 saturated carbocycles. The predicted octanol–water partition coefficient (Wildman–Crippen LogP) is 2.97. The van der Waals surface area contributed by atoms with Crippen LogP contribution in [-0.2, 0) is 4.79 Å². The number of nitrogens with one attached hydrogen (secondary N) is 1. The highest BCUT2D eigenvalue weighted by atomic mass is 19.1. The average molecular weight is 261 g/mol. The molecular weight excluding hydrogens is 245 g/mol. The molecule has 1 amide bonds. The lowest BCUT2D eigenvalue weighted by molar-refractivity contribution is -0.116. The Morgan fingerprint density at radius 2 is 2.00 bits per heavy atom. The first-order valence-corrected chi connectivity index (χ1v) is 5.75. The van der Waals surface area contributed by atoms with Crippen LogP contribution in [0.3, 0.4) is 0 Å². The highest BCUT2D eigenvalue weighted by molar-refractivity contribution is 5.95. The molecule has 4 heteroatoms. The van der Waals surface area contributed by atoms with E-state index in [-0.39, 0.29) is 17.3 Å². The molecule has 19 heavy (non-hydrogen) atoms. The molecule has 0 unspecified atom stereocenters. The fourth-order valence-electron chi connectivity index (χ4n) is 1.31. The van der Waals surface area contributed by atoms with Gasteiger partial charge in [-0.05, 0) is 43.3 Å². The van der Waals surface area contributed by atoms with Crippen LogP contribution in [0.25, 0.3) is 0 Å². The van der Waals surface area contributed by atoms with Gasteiger partial charge in [-0.3, -0.25) is 4.79 Å². The molecule has 0 atom stereocenters. The van der Waals surface area contributed by atoms with E-state index in [0.717, 1.165) is 0 Å². The van der Waals surface area contributed by atoms with Gasteiger partial charge in [0.05, 0.1) is 0 Å². The molecule has 0 aliphatic heterocycles. The predicted molar refractivity (Wildman–Crippen MR) is 73.1 cm³/mol. The summed E-state index contributed by atoms with van der Waals surface area (Å²) in [5.74, 6) is 0.307. The zero-order valence-corrected chi connectivity index (χ0v) is 10.9. The lowest BCUT2D eigenvalue weighted by atomic mass is 10.2. The first-order chi connectivity index (χ1) is 9.06. The van der Waals surface area contributed by atoms with Crippen molar-refractivity contribution in [1.29, 1.82) is 0 Å². The van der Waals surface area contributed by atoms with E-state index in [2.05, 4.69) is 11.9 Å². The van der Waals surface area contributed by atoms with E-state index < -0.39 is 0 Å². The van der Waals surface area contributed by atoms with Gasteiger partial charge in [-0.1, -0.05) is 12.7 Å². The lowest BCUT2D eigenvalue weighted by Gasteiger charge is -2.07. The van der Waals surface area contributed by atoms with Crippen molar-refractivity contribution < 1.29 is 13.9 Å². The van der Waals surface area contributed by atoms with Gasteiger partial charge in [0.1, 0.15) is 17.3 Å². The fourth-order valence-corrected chi connectivity index (χ4v) is 1.31. The number of carbonyl (C=O) groups excluding carboxylic acids is 1. The summed E-state index contributed by atoms with van der Waals surface area (Å²) >= 11 is 0. The highest BCUT2D eigenvalue weighted by Crippen LogP contribution is 2.16. The van der Waals surface area contributed by atoms with Gasteiger partial charge in [-0.25, -0.2) is 4.39 Å². The number of hydrogen-bond donors (Lipinski definition) is 1. The van der Waals surface area contributed by atoms with Crippen LogP contribution in [-0.4, -0.2) is 13.0 Å². The molecule has 0 fully saturated rings. The minimum atomic E-state index is -0.335. The molecule has 0 radical (unpaired) electrons. The van der Waals surface area contributed by atoms with E-state index in [0.29, 0.717) is 11.5 Å². The van der Waals surface area contributed by atoms with Crippen LogP contribution in [0.2, 0.25) is 0 Å². The molecular formula is C15H16FNO2. The summed E-state index contributed by atoms with van der Waals surface area (Å²) in [5.41, 5.74) is 0.276. The molecule has 0 bridgehead atoms. The van der Waals surface area contributed by atoms with E-state index in [1.54, 1.807) is 12.2 Å². The van der Waals surface area contributed by atoms with Crippen LogP contribution in [0.5, 0.6) is 5.75 Å². The zero-order valence-electron chi connectivity index (χ0n) is 10.9. The van der Waals surface area contributed by atoms with Gasteiger partial charge >= 0.3 is 0 Å². The first kappa shape index (κ1) is 14.7. The van der Waals surface area contributed by atoms with Crippen LogP contribution in [0, 0.1) is 5.82 Å². The molecule has 0 heterocycles. The number of ether oxygens (including phenoxy) is 1. The Morgan fingerprint density at radius 1 is 1.37 bits per heavy atom. The van der Waals surface area contributed by atoms with Crippen LogP contribution >= 0.6 is 0 Å². The van der Waals surface area contributed by atoms with Crippen molar-refractivity contribution in [2.24, 2.45) is 0 Å². The molecule has 0 saturated heterocycles. The van der Waals surface area contributed by atoms with E-state index >= 15 is 0 Å². The minimum Gasteiger partial charge on any atom is -0.457 e. The molecule has 0 aliphatic rings. The normalized spacial score (nSPS) is 11.4.